The van der Waals surface area contributed by atoms with E-state index in [-0.39, 0.29) is 29.8 Å². The average molecular weight is 582 g/mol. The smallest absolute Gasteiger partial charge is 0.321 e. The fourth-order valence-corrected chi connectivity index (χ4v) is 6.02. The van der Waals surface area contributed by atoms with E-state index in [0.29, 0.717) is 22.6 Å². The number of carbonyl (C=O) groups is 2. The summed E-state index contributed by atoms with van der Waals surface area (Å²) < 4.78 is 0. The number of benzene rings is 4. The molecule has 2 aliphatic rings. The molecular weight excluding hydrogens is 546 g/mol. The second-order valence-electron chi connectivity index (χ2n) is 11.2. The third kappa shape index (κ3) is 6.59. The summed E-state index contributed by atoms with van der Waals surface area (Å²) in [5.74, 6) is -0.262. The van der Waals surface area contributed by atoms with Crippen molar-refractivity contribution in [2.45, 2.75) is 19.4 Å². The zero-order chi connectivity index (χ0) is 28.2. The molecule has 216 valence electrons. The number of nitrogen functional groups attached to an aromatic ring is 1. The van der Waals surface area contributed by atoms with Crippen molar-refractivity contribution in [1.82, 2.24) is 9.80 Å². The number of nitrogens with two attached hydrogens (primary N) is 1. The van der Waals surface area contributed by atoms with Crippen LogP contribution in [0.3, 0.4) is 0 Å². The molecule has 1 atom stereocenters. The van der Waals surface area contributed by atoms with Crippen molar-refractivity contribution in [2.24, 2.45) is 5.41 Å². The minimum Gasteiger partial charge on any atom is -0.397 e. The van der Waals surface area contributed by atoms with Crippen molar-refractivity contribution in [3.8, 4) is 11.1 Å². The SMILES string of the molecule is Cl.Nc1ccc(-c2ccccc2)cc1NC(=O)c1ccc(NC(=O)N2CCC3(CCN(Cc4ccccc4)C3)C2)cc1. The highest BCUT2D eigenvalue weighted by Gasteiger charge is 2.44. The van der Waals surface area contributed by atoms with Gasteiger partial charge in [0.2, 0.25) is 0 Å². The lowest BCUT2D eigenvalue weighted by atomic mass is 9.86. The maximum Gasteiger partial charge on any atom is 0.321 e. The van der Waals surface area contributed by atoms with Crippen LogP contribution in [0.15, 0.2) is 103 Å². The van der Waals surface area contributed by atoms with Gasteiger partial charge in [-0.2, -0.15) is 0 Å². The van der Waals surface area contributed by atoms with Gasteiger partial charge in [-0.05, 0) is 72.5 Å². The van der Waals surface area contributed by atoms with Crippen LogP contribution in [0, 0.1) is 5.41 Å². The van der Waals surface area contributed by atoms with Crippen LogP contribution in [-0.4, -0.2) is 47.9 Å². The highest BCUT2D eigenvalue weighted by atomic mass is 35.5. The minimum absolute atomic E-state index is 0. The van der Waals surface area contributed by atoms with Gasteiger partial charge in [0.1, 0.15) is 0 Å². The van der Waals surface area contributed by atoms with Gasteiger partial charge in [0.05, 0.1) is 11.4 Å². The van der Waals surface area contributed by atoms with Crippen molar-refractivity contribution in [1.29, 1.82) is 0 Å². The Labute approximate surface area is 253 Å². The number of nitrogens with one attached hydrogen (secondary N) is 2. The Morgan fingerprint density at radius 1 is 0.762 bits per heavy atom. The quantitative estimate of drug-likeness (QED) is 0.220. The summed E-state index contributed by atoms with van der Waals surface area (Å²) in [6.45, 7) is 4.58. The lowest BCUT2D eigenvalue weighted by Crippen LogP contribution is -2.36. The number of urea groups is 1. The summed E-state index contributed by atoms with van der Waals surface area (Å²) in [5.41, 5.74) is 11.9. The Morgan fingerprint density at radius 3 is 2.19 bits per heavy atom. The number of nitrogens with zero attached hydrogens (tertiary/aromatic N) is 2. The topological polar surface area (TPSA) is 90.7 Å². The molecule has 42 heavy (non-hydrogen) atoms. The molecule has 0 aliphatic carbocycles. The fraction of sp³-hybridized carbons (Fsp3) is 0.235. The van der Waals surface area contributed by atoms with Crippen molar-refractivity contribution in [3.05, 3.63) is 114 Å². The van der Waals surface area contributed by atoms with Crippen molar-refractivity contribution >= 4 is 41.4 Å². The van der Waals surface area contributed by atoms with E-state index in [4.69, 9.17) is 5.73 Å². The van der Waals surface area contributed by atoms with Crippen molar-refractivity contribution < 1.29 is 9.59 Å². The number of halogens is 1. The largest absolute Gasteiger partial charge is 0.397 e. The first-order valence-electron chi connectivity index (χ1n) is 14.2. The van der Waals surface area contributed by atoms with E-state index >= 15 is 0 Å². The van der Waals surface area contributed by atoms with Gasteiger partial charge in [-0.1, -0.05) is 66.7 Å². The standard InChI is InChI=1S/C34H35N5O2.ClH/c35-30-16-13-28(26-9-5-2-6-10-26)21-31(30)37-32(40)27-11-14-29(15-12-27)36-33(41)39-20-18-34(24-39)17-19-38(23-34)22-25-7-3-1-4-8-25;/h1-16,21H,17-20,22-24,35H2,(H,36,41)(H,37,40);1H. The predicted octanol–water partition coefficient (Wildman–Crippen LogP) is 6.74. The van der Waals surface area contributed by atoms with Crippen LogP contribution in [0.5, 0.6) is 0 Å². The maximum absolute atomic E-state index is 13.1. The molecule has 2 aliphatic heterocycles. The van der Waals surface area contributed by atoms with Crippen LogP contribution in [0.25, 0.3) is 11.1 Å². The fourth-order valence-electron chi connectivity index (χ4n) is 6.02. The molecule has 7 nitrogen and oxygen atoms in total. The molecule has 2 fully saturated rings. The molecule has 0 radical (unpaired) electrons. The highest BCUT2D eigenvalue weighted by Crippen LogP contribution is 2.40. The third-order valence-electron chi connectivity index (χ3n) is 8.30. The lowest BCUT2D eigenvalue weighted by molar-refractivity contribution is 0.102. The van der Waals surface area contributed by atoms with Gasteiger partial charge in [0.25, 0.3) is 5.91 Å². The van der Waals surface area contributed by atoms with Gasteiger partial charge in [0.15, 0.2) is 0 Å². The molecule has 1 unspecified atom stereocenters. The molecule has 6 rings (SSSR count). The number of hydrogen-bond donors (Lipinski definition) is 3. The first-order chi connectivity index (χ1) is 20.0. The Morgan fingerprint density at radius 2 is 1.45 bits per heavy atom. The summed E-state index contributed by atoms with van der Waals surface area (Å²) in [7, 11) is 0. The first kappa shape index (κ1) is 29.2. The van der Waals surface area contributed by atoms with E-state index in [1.54, 1.807) is 30.3 Å². The van der Waals surface area contributed by atoms with Gasteiger partial charge in [-0.3, -0.25) is 9.69 Å². The number of amides is 3. The molecule has 2 heterocycles. The number of rotatable bonds is 6. The van der Waals surface area contributed by atoms with E-state index < -0.39 is 0 Å². The second-order valence-corrected chi connectivity index (χ2v) is 11.2. The summed E-state index contributed by atoms with van der Waals surface area (Å²) in [5, 5.41) is 5.94. The molecule has 0 aromatic heterocycles. The van der Waals surface area contributed by atoms with E-state index in [1.807, 2.05) is 53.4 Å². The van der Waals surface area contributed by atoms with Crippen LogP contribution < -0.4 is 16.4 Å². The lowest BCUT2D eigenvalue weighted by Gasteiger charge is -2.25. The number of likely N-dealkylation sites (tertiary alicyclic amines) is 2. The third-order valence-corrected chi connectivity index (χ3v) is 8.30. The zero-order valence-electron chi connectivity index (χ0n) is 23.5. The van der Waals surface area contributed by atoms with E-state index in [1.165, 1.54) is 5.56 Å². The Bertz CT molecular complexity index is 1530. The molecule has 4 aromatic rings. The Kier molecular flexibility index (Phi) is 8.80. The van der Waals surface area contributed by atoms with Crippen LogP contribution in [-0.2, 0) is 6.54 Å². The zero-order valence-corrected chi connectivity index (χ0v) is 24.3. The Hall–Kier alpha value is -4.33. The molecule has 0 bridgehead atoms. The minimum atomic E-state index is -0.262. The van der Waals surface area contributed by atoms with Gasteiger partial charge in [0, 0.05) is 42.8 Å². The van der Waals surface area contributed by atoms with E-state index in [2.05, 4.69) is 39.8 Å². The first-order valence-corrected chi connectivity index (χ1v) is 14.2. The van der Waals surface area contributed by atoms with Crippen LogP contribution in [0.2, 0.25) is 0 Å². The molecule has 4 aromatic carbocycles. The summed E-state index contributed by atoms with van der Waals surface area (Å²) in [6, 6.07) is 33.0. The molecule has 8 heteroatoms. The number of hydrogen-bond acceptors (Lipinski definition) is 4. The monoisotopic (exact) mass is 581 g/mol. The average Bonchev–Trinajstić information content (AvgIpc) is 3.61. The molecule has 0 saturated carbocycles. The van der Waals surface area contributed by atoms with E-state index in [0.717, 1.165) is 56.7 Å². The van der Waals surface area contributed by atoms with E-state index in [9.17, 15) is 9.59 Å². The molecule has 3 amide bonds. The summed E-state index contributed by atoms with van der Waals surface area (Å²) >= 11 is 0. The van der Waals surface area contributed by atoms with Crippen molar-refractivity contribution in [3.63, 3.8) is 0 Å². The van der Waals surface area contributed by atoms with Gasteiger partial charge in [-0.25, -0.2) is 4.79 Å². The normalized spacial score (nSPS) is 18.0. The molecule has 1 spiro atoms. The predicted molar refractivity (Wildman–Crippen MR) is 172 cm³/mol. The van der Waals surface area contributed by atoms with Gasteiger partial charge in [-0.15, -0.1) is 12.4 Å². The Balaban J connectivity index is 0.00000353. The van der Waals surface area contributed by atoms with Crippen LogP contribution >= 0.6 is 12.4 Å². The van der Waals surface area contributed by atoms with Crippen LogP contribution in [0.1, 0.15) is 28.8 Å². The van der Waals surface area contributed by atoms with Crippen LogP contribution in [0.4, 0.5) is 21.9 Å². The summed E-state index contributed by atoms with van der Waals surface area (Å²) in [4.78, 5) is 30.5. The maximum atomic E-state index is 13.1. The van der Waals surface area contributed by atoms with Crippen molar-refractivity contribution in [2.75, 3.05) is 42.5 Å². The highest BCUT2D eigenvalue weighted by molar-refractivity contribution is 6.06. The molecule has 2 saturated heterocycles. The number of anilines is 3. The van der Waals surface area contributed by atoms with Gasteiger partial charge >= 0.3 is 6.03 Å². The van der Waals surface area contributed by atoms with Gasteiger partial charge < -0.3 is 21.3 Å². The summed E-state index contributed by atoms with van der Waals surface area (Å²) in [6.07, 6.45) is 2.14. The second kappa shape index (κ2) is 12.7. The number of carbonyl (C=O) groups excluding carboxylic acids is 2. The molecule has 4 N–H and O–H groups in total. The molecular formula is C34H36ClN5O2.